The Morgan fingerprint density at radius 2 is 1.21 bits per heavy atom. The maximum absolute atomic E-state index is 15.0. The predicted molar refractivity (Wildman–Crippen MR) is 370 cm³/mol. The summed E-state index contributed by atoms with van der Waals surface area (Å²) < 4.78 is 29.8. The molecule has 0 saturated carbocycles. The highest BCUT2D eigenvalue weighted by Crippen LogP contribution is 2.26. The molecule has 9 rings (SSSR count). The van der Waals surface area contributed by atoms with Crippen molar-refractivity contribution in [3.63, 3.8) is 0 Å². The summed E-state index contributed by atoms with van der Waals surface area (Å²) in [4.78, 5) is 171. The fourth-order valence-electron chi connectivity index (χ4n) is 12.0. The third-order valence-corrected chi connectivity index (χ3v) is 19.3. The van der Waals surface area contributed by atoms with Crippen LogP contribution >= 0.6 is 23.5 Å². The van der Waals surface area contributed by atoms with Crippen LogP contribution < -0.4 is 54.0 Å². The van der Waals surface area contributed by atoms with E-state index in [0.717, 1.165) is 16.7 Å². The quantitative estimate of drug-likeness (QED) is 0.0618. The number of fused-ring (bicyclic) bond motifs is 5. The van der Waals surface area contributed by atoms with E-state index < -0.39 is 144 Å². The summed E-state index contributed by atoms with van der Waals surface area (Å²) in [7, 11) is 0. The number of carboxylic acids is 1. The van der Waals surface area contributed by atoms with Crippen LogP contribution in [0.3, 0.4) is 0 Å². The molecule has 0 spiro atoms. The zero-order valence-corrected chi connectivity index (χ0v) is 56.2. The highest BCUT2D eigenvalue weighted by Gasteiger charge is 2.41. The minimum atomic E-state index is -2.01. The van der Waals surface area contributed by atoms with Crippen molar-refractivity contribution in [3.05, 3.63) is 161 Å². The number of benzene rings is 4. The Labute approximate surface area is 582 Å². The van der Waals surface area contributed by atoms with Gasteiger partial charge in [0.25, 0.3) is 0 Å². The Morgan fingerprint density at radius 1 is 0.610 bits per heavy atom. The number of unbranched alkanes of at least 4 members (excludes halogenated alkanes) is 1. The normalized spacial score (nSPS) is 22.1. The van der Waals surface area contributed by atoms with Crippen LogP contribution in [0.25, 0.3) is 21.8 Å². The van der Waals surface area contributed by atoms with Crippen LogP contribution in [0.5, 0.6) is 0 Å². The maximum Gasteiger partial charge on any atom is 0.305 e. The molecule has 8 atom stereocenters. The van der Waals surface area contributed by atoms with Gasteiger partial charge < -0.3 is 79.0 Å². The maximum atomic E-state index is 15.0. The molecule has 1 saturated heterocycles. The van der Waals surface area contributed by atoms with Crippen LogP contribution in [-0.4, -0.2) is 174 Å². The van der Waals surface area contributed by atoms with Gasteiger partial charge in [-0.2, -0.15) is 23.5 Å². The molecule has 27 nitrogen and oxygen atoms in total. The van der Waals surface area contributed by atoms with Gasteiger partial charge in [0.2, 0.25) is 59.1 Å². The highest BCUT2D eigenvalue weighted by molar-refractivity contribution is 7.98. The number of halogens is 2. The van der Waals surface area contributed by atoms with Crippen LogP contribution in [0.4, 0.5) is 8.78 Å². The van der Waals surface area contributed by atoms with Crippen molar-refractivity contribution in [1.29, 1.82) is 0 Å². The third kappa shape index (κ3) is 21.2. The van der Waals surface area contributed by atoms with E-state index in [-0.39, 0.29) is 68.2 Å². The molecule has 0 radical (unpaired) electrons. The third-order valence-electron chi connectivity index (χ3n) is 17.2. The van der Waals surface area contributed by atoms with Gasteiger partial charge in [0.1, 0.15) is 60.0 Å². The lowest BCUT2D eigenvalue weighted by molar-refractivity contribution is -0.143. The molecular formula is C69H81F2N15O12S2. The number of carbonyl (C=O) groups is 11. The molecule has 16 N–H and O–H groups in total. The van der Waals surface area contributed by atoms with Crippen molar-refractivity contribution < 1.29 is 66.6 Å². The van der Waals surface area contributed by atoms with E-state index in [1.165, 1.54) is 89.7 Å². The second-order valence-corrected chi connectivity index (χ2v) is 26.7. The van der Waals surface area contributed by atoms with Crippen molar-refractivity contribution in [1.82, 2.24) is 67.4 Å². The smallest absolute Gasteiger partial charge is 0.305 e. The second-order valence-electron chi connectivity index (χ2n) is 24.6. The van der Waals surface area contributed by atoms with E-state index in [1.54, 1.807) is 18.2 Å². The largest absolute Gasteiger partial charge is 0.481 e. The molecule has 0 unspecified atom stereocenters. The molecule has 2 aliphatic heterocycles. The molecule has 0 aliphatic carbocycles. The number of rotatable bonds is 16. The number of aryl methyl sites for hydroxylation is 1. The van der Waals surface area contributed by atoms with Crippen LogP contribution in [-0.2, 0) is 89.9 Å². The van der Waals surface area contributed by atoms with Gasteiger partial charge in [-0.15, -0.1) is 0 Å². The summed E-state index contributed by atoms with van der Waals surface area (Å²) in [5.74, 6) is -10.1. The first-order chi connectivity index (χ1) is 48.2. The number of H-pyrrole nitrogens is 3. The van der Waals surface area contributed by atoms with E-state index in [9.17, 15) is 52.2 Å². The number of amides is 10. The number of nitrogens with zero attached hydrogens (tertiary/aromatic N) is 2. The van der Waals surface area contributed by atoms with Crippen LogP contribution in [0.2, 0.25) is 0 Å². The number of aliphatic carboxylic acids is 1. The van der Waals surface area contributed by atoms with Gasteiger partial charge in [-0.05, 0) is 116 Å². The molecular weight excluding hydrogens is 1330 g/mol. The second kappa shape index (κ2) is 36.1. The highest BCUT2D eigenvalue weighted by atomic mass is 32.2. The first-order valence-electron chi connectivity index (χ1n) is 32.8. The molecule has 31 heteroatoms. The summed E-state index contributed by atoms with van der Waals surface area (Å²) in [6, 6.07) is 12.6. The Kier molecular flexibility index (Phi) is 26.7. The predicted octanol–water partition coefficient (Wildman–Crippen LogP) is 2.47. The average molecular weight is 1410 g/mol. The summed E-state index contributed by atoms with van der Waals surface area (Å²) in [6.45, 7) is -0.343. The Hall–Kier alpha value is -10.1. The van der Waals surface area contributed by atoms with Gasteiger partial charge in [0.15, 0.2) is 0 Å². The van der Waals surface area contributed by atoms with Gasteiger partial charge in [0.05, 0.1) is 19.3 Å². The van der Waals surface area contributed by atoms with Gasteiger partial charge in [-0.1, -0.05) is 54.6 Å². The van der Waals surface area contributed by atoms with Crippen molar-refractivity contribution in [2.24, 2.45) is 11.5 Å². The van der Waals surface area contributed by atoms with Crippen molar-refractivity contribution in [3.8, 4) is 0 Å². The van der Waals surface area contributed by atoms with Crippen LogP contribution in [0, 0.1) is 11.6 Å². The van der Waals surface area contributed by atoms with Crippen molar-refractivity contribution in [2.45, 2.75) is 137 Å². The first-order valence-corrected chi connectivity index (χ1v) is 35.1. The standard InChI is InChI=1S/C69H81F2N15O12S2/c70-44-15-18-49-47(27-44)42(31-75-49)25-53-64(93)82-54(26-43-32-76-50-19-16-45(71)28-48(43)50)65(94)84-56(30-61(89)90)67(96)83-55(29-46-33-74-38-78-46)66(95)81-52(17-14-39-8-2-1-3-9-39)69(98)86-22-7-13-58(86)68(97)85-57(62(73)91)37-100-36-41-11-6-10-40(24-41)35-99-23-20-59(87)79-51(12-4-5-21-72)63(92)77-34-60(88)80-53/h1-3,6,8-11,15-16,18-19,24,27-28,31-33,38,51-58,75-76H,4-5,7,12-14,17,20-23,25-26,29-30,34-37,72H2,(H2,73,91)(H,74,78)(H,77,92)(H,79,87)(H,80,88)(H,81,95)(H,82,93)(H,83,96)(H,84,94)(H,85,97)(H,89,90)/t51-,52-,53-,54-,55-,56-,57-,58-/m0/s1. The van der Waals surface area contributed by atoms with E-state index in [0.29, 0.717) is 70.7 Å². The zero-order valence-electron chi connectivity index (χ0n) is 54.6. The lowest BCUT2D eigenvalue weighted by atomic mass is 10.0. The van der Waals surface area contributed by atoms with Gasteiger partial charge in [-0.3, -0.25) is 52.7 Å². The summed E-state index contributed by atoms with van der Waals surface area (Å²) in [6.07, 6.45) is 5.24. The van der Waals surface area contributed by atoms with Gasteiger partial charge in [0, 0.05) is 101 Å². The molecule has 10 amide bonds. The fraction of sp³-hybridized carbons (Fsp3) is 0.391. The van der Waals surface area contributed by atoms with Gasteiger partial charge in [-0.25, -0.2) is 13.8 Å². The number of carboxylic acid groups (broad SMARTS) is 1. The minimum absolute atomic E-state index is 0.0189. The summed E-state index contributed by atoms with van der Waals surface area (Å²) in [5.41, 5.74) is 16.0. The number of nitrogens with two attached hydrogens (primary N) is 2. The lowest BCUT2D eigenvalue weighted by Gasteiger charge is -2.31. The molecule has 530 valence electrons. The number of imidazole rings is 1. The molecule has 3 aromatic heterocycles. The molecule has 2 aliphatic rings. The van der Waals surface area contributed by atoms with Crippen molar-refractivity contribution >= 4 is 110 Å². The molecule has 100 heavy (non-hydrogen) atoms. The number of nitrogens with one attached hydrogen (secondary N) is 11. The summed E-state index contributed by atoms with van der Waals surface area (Å²) >= 11 is 2.82. The van der Waals surface area contributed by atoms with Crippen LogP contribution in [0.1, 0.15) is 84.9 Å². The minimum Gasteiger partial charge on any atom is -0.481 e. The lowest BCUT2D eigenvalue weighted by Crippen LogP contribution is -2.61. The number of carbonyl (C=O) groups excluding carboxylic acids is 10. The fourth-order valence-corrected chi connectivity index (χ4v) is 13.9. The van der Waals surface area contributed by atoms with E-state index in [2.05, 4.69) is 62.5 Å². The molecule has 5 heterocycles. The Morgan fingerprint density at radius 3 is 1.83 bits per heavy atom. The number of hydrogen-bond acceptors (Lipinski definition) is 15. The van der Waals surface area contributed by atoms with Crippen molar-refractivity contribution in [2.75, 3.05) is 31.1 Å². The van der Waals surface area contributed by atoms with E-state index >= 15 is 14.4 Å². The Bertz CT molecular complexity index is 4070. The number of aromatic nitrogens is 4. The molecule has 4 aromatic carbocycles. The molecule has 2 bridgehead atoms. The van der Waals surface area contributed by atoms with Crippen LogP contribution in [0.15, 0.2) is 116 Å². The monoisotopic (exact) mass is 1410 g/mol. The Balaban J connectivity index is 1.04. The average Bonchev–Trinajstić information content (AvgIpc) is 1.61. The van der Waals surface area contributed by atoms with E-state index in [4.69, 9.17) is 11.5 Å². The number of aromatic amines is 3. The number of hydrogen-bond donors (Lipinski definition) is 14. The zero-order chi connectivity index (χ0) is 71.2. The number of primary amides is 1. The first kappa shape index (κ1) is 74.1. The SMILES string of the molecule is NCCCC[C@@H]1NC(=O)CCSCc2cccc(c2)CSC[C@@H](C(N)=O)NC(=O)[C@@H]2CCCN2C(=O)[C@H](CCc2ccccc2)NC(=O)[C@H](Cc2cnc[nH]2)NC(=O)[C@H](CC(=O)O)NC(=O)[C@H](Cc2c[nH]c3ccc(F)cc23)NC(=O)[C@H](Cc2c[nH]c3ccc(F)cc23)NC(=O)CNC1=O. The number of thioether (sulfide) groups is 2. The summed E-state index contributed by atoms with van der Waals surface area (Å²) in [5, 5.41) is 32.0. The van der Waals surface area contributed by atoms with E-state index in [1.807, 2.05) is 36.4 Å². The molecule has 1 fully saturated rings. The topological polar surface area (TPSA) is 420 Å². The van der Waals surface area contributed by atoms with Gasteiger partial charge >= 0.3 is 5.97 Å². The molecule has 7 aromatic rings.